The molecule has 124 valence electrons. The van der Waals surface area contributed by atoms with Crippen LogP contribution in [0.1, 0.15) is 13.3 Å². The molecule has 2 N–H and O–H groups in total. The van der Waals surface area contributed by atoms with Crippen molar-refractivity contribution in [3.05, 3.63) is 29.6 Å². The highest BCUT2D eigenvalue weighted by Crippen LogP contribution is 2.26. The average molecular weight is 335 g/mol. The summed E-state index contributed by atoms with van der Waals surface area (Å²) >= 11 is 1.38. The molecule has 0 aliphatic carbocycles. The number of nitrogens with zero attached hydrogens (tertiary/aromatic N) is 1. The smallest absolute Gasteiger partial charge is 0.321 e. The summed E-state index contributed by atoms with van der Waals surface area (Å²) in [5, 5.41) is 7.86. The molecule has 0 bridgehead atoms. The van der Waals surface area contributed by atoms with Crippen LogP contribution in [0.3, 0.4) is 0 Å². The van der Waals surface area contributed by atoms with Crippen molar-refractivity contribution in [2.24, 2.45) is 0 Å². The molecular weight excluding hydrogens is 314 g/mol. The first-order valence-electron chi connectivity index (χ1n) is 7.45. The Balaban J connectivity index is 1.92. The third-order valence-corrected chi connectivity index (χ3v) is 3.70. The number of urea groups is 1. The summed E-state index contributed by atoms with van der Waals surface area (Å²) in [7, 11) is 1.59. The van der Waals surface area contributed by atoms with Gasteiger partial charge in [-0.3, -0.25) is 5.32 Å². The van der Waals surface area contributed by atoms with Gasteiger partial charge in [0.2, 0.25) is 0 Å². The number of anilines is 1. The topological polar surface area (TPSA) is 72.5 Å². The van der Waals surface area contributed by atoms with Crippen molar-refractivity contribution in [1.29, 1.82) is 0 Å². The number of methoxy groups -OCH3 is 1. The fourth-order valence-electron chi connectivity index (χ4n) is 1.81. The number of thiazole rings is 1. The van der Waals surface area contributed by atoms with Crippen molar-refractivity contribution in [1.82, 2.24) is 10.3 Å². The van der Waals surface area contributed by atoms with Crippen LogP contribution in [0.4, 0.5) is 9.93 Å². The highest BCUT2D eigenvalue weighted by Gasteiger charge is 2.07. The van der Waals surface area contributed by atoms with Crippen molar-refractivity contribution >= 4 is 22.5 Å². The second kappa shape index (κ2) is 9.12. The van der Waals surface area contributed by atoms with E-state index < -0.39 is 0 Å². The number of ether oxygens (including phenoxy) is 2. The van der Waals surface area contributed by atoms with Crippen molar-refractivity contribution in [2.45, 2.75) is 13.3 Å². The third kappa shape index (κ3) is 5.54. The highest BCUT2D eigenvalue weighted by molar-refractivity contribution is 7.14. The van der Waals surface area contributed by atoms with Crippen LogP contribution in [0, 0.1) is 0 Å². The summed E-state index contributed by atoms with van der Waals surface area (Å²) in [6, 6.07) is 7.49. The Morgan fingerprint density at radius 3 is 2.74 bits per heavy atom. The highest BCUT2D eigenvalue weighted by atomic mass is 32.1. The van der Waals surface area contributed by atoms with Crippen molar-refractivity contribution in [3.8, 4) is 17.0 Å². The summed E-state index contributed by atoms with van der Waals surface area (Å²) in [6.45, 7) is 3.72. The number of nitrogens with one attached hydrogen (secondary N) is 2. The van der Waals surface area contributed by atoms with E-state index in [1.54, 1.807) is 7.11 Å². The Kier molecular flexibility index (Phi) is 6.83. The predicted molar refractivity (Wildman–Crippen MR) is 92.2 cm³/mol. The van der Waals surface area contributed by atoms with E-state index in [9.17, 15) is 4.79 Å². The maximum atomic E-state index is 11.7. The Morgan fingerprint density at radius 1 is 1.26 bits per heavy atom. The maximum absolute atomic E-state index is 11.7. The van der Waals surface area contributed by atoms with E-state index in [1.165, 1.54) is 11.3 Å². The molecule has 0 fully saturated rings. The Bertz CT molecular complexity index is 613. The van der Waals surface area contributed by atoms with Gasteiger partial charge in [0.05, 0.1) is 18.9 Å². The number of carbonyl (C=O) groups is 1. The molecule has 0 aliphatic rings. The molecule has 23 heavy (non-hydrogen) atoms. The van der Waals surface area contributed by atoms with E-state index in [1.807, 2.05) is 29.6 Å². The zero-order valence-corrected chi connectivity index (χ0v) is 14.1. The molecule has 2 amide bonds. The molecular formula is C16H21N3O3S. The van der Waals surface area contributed by atoms with Gasteiger partial charge in [-0.05, 0) is 30.7 Å². The molecule has 2 rings (SSSR count). The fourth-order valence-corrected chi connectivity index (χ4v) is 2.53. The fraction of sp³-hybridized carbons (Fsp3) is 0.375. The van der Waals surface area contributed by atoms with Gasteiger partial charge in [0, 0.05) is 24.6 Å². The summed E-state index contributed by atoms with van der Waals surface area (Å²) in [4.78, 5) is 16.1. The van der Waals surface area contributed by atoms with Crippen LogP contribution in [0.2, 0.25) is 0 Å². The molecule has 2 aromatic rings. The van der Waals surface area contributed by atoms with E-state index in [0.717, 1.165) is 23.4 Å². The number of amides is 2. The second-order valence-electron chi connectivity index (χ2n) is 4.78. The van der Waals surface area contributed by atoms with Gasteiger partial charge in [0.1, 0.15) is 5.75 Å². The molecule has 0 aliphatic heterocycles. The van der Waals surface area contributed by atoms with Crippen molar-refractivity contribution in [2.75, 3.05) is 32.2 Å². The molecule has 1 aromatic carbocycles. The quantitative estimate of drug-likeness (QED) is 0.726. The summed E-state index contributed by atoms with van der Waals surface area (Å²) in [6.07, 6.45) is 0.981. The Labute approximate surface area is 139 Å². The van der Waals surface area contributed by atoms with Crippen molar-refractivity contribution < 1.29 is 14.3 Å². The van der Waals surface area contributed by atoms with Gasteiger partial charge >= 0.3 is 6.03 Å². The molecule has 0 saturated carbocycles. The lowest BCUT2D eigenvalue weighted by Gasteiger charge is -2.05. The Morgan fingerprint density at radius 2 is 2.04 bits per heavy atom. The normalized spacial score (nSPS) is 10.3. The van der Waals surface area contributed by atoms with Crippen molar-refractivity contribution in [3.63, 3.8) is 0 Å². The number of hydrogen-bond donors (Lipinski definition) is 2. The summed E-state index contributed by atoms with van der Waals surface area (Å²) in [5.74, 6) is 0.849. The number of aromatic nitrogens is 1. The lowest BCUT2D eigenvalue weighted by Crippen LogP contribution is -2.31. The summed E-state index contributed by atoms with van der Waals surface area (Å²) in [5.41, 5.74) is 1.81. The number of benzene rings is 1. The minimum Gasteiger partial charge on any atom is -0.494 e. The zero-order chi connectivity index (χ0) is 16.5. The van der Waals surface area contributed by atoms with Crippen LogP contribution >= 0.6 is 11.3 Å². The molecule has 0 unspecified atom stereocenters. The zero-order valence-electron chi connectivity index (χ0n) is 13.3. The summed E-state index contributed by atoms with van der Waals surface area (Å²) < 4.78 is 10.4. The van der Waals surface area contributed by atoms with E-state index in [2.05, 4.69) is 22.5 Å². The van der Waals surface area contributed by atoms with Gasteiger partial charge in [-0.2, -0.15) is 0 Å². The van der Waals surface area contributed by atoms with E-state index in [4.69, 9.17) is 9.47 Å². The Hall–Kier alpha value is -2.12. The van der Waals surface area contributed by atoms with Crippen LogP contribution in [-0.4, -0.2) is 37.9 Å². The molecule has 6 nitrogen and oxygen atoms in total. The standard InChI is InChI=1S/C16H21N3O3S/c1-3-9-22-13-6-4-12(5-7-13)14-11-23-16(18-14)19-15(20)17-8-10-21-2/h4-7,11H,3,8-10H2,1-2H3,(H2,17,18,19,20). The first-order chi connectivity index (χ1) is 11.2. The van der Waals surface area contributed by atoms with Crippen LogP contribution in [-0.2, 0) is 4.74 Å². The largest absolute Gasteiger partial charge is 0.494 e. The molecule has 7 heteroatoms. The van der Waals surface area contributed by atoms with E-state index >= 15 is 0 Å². The first kappa shape index (κ1) is 17.2. The molecule has 0 saturated heterocycles. The average Bonchev–Trinajstić information content (AvgIpc) is 3.02. The maximum Gasteiger partial charge on any atom is 0.321 e. The van der Waals surface area contributed by atoms with E-state index in [0.29, 0.717) is 24.9 Å². The van der Waals surface area contributed by atoms with Crippen LogP contribution in [0.25, 0.3) is 11.3 Å². The molecule has 0 atom stereocenters. The van der Waals surface area contributed by atoms with Crippen LogP contribution < -0.4 is 15.4 Å². The first-order valence-corrected chi connectivity index (χ1v) is 8.33. The second-order valence-corrected chi connectivity index (χ2v) is 5.64. The number of hydrogen-bond acceptors (Lipinski definition) is 5. The minimum atomic E-state index is -0.286. The minimum absolute atomic E-state index is 0.286. The van der Waals surface area contributed by atoms with Crippen LogP contribution in [0.15, 0.2) is 29.6 Å². The number of carbonyl (C=O) groups excluding carboxylic acids is 1. The van der Waals surface area contributed by atoms with Gasteiger partial charge in [0.15, 0.2) is 5.13 Å². The van der Waals surface area contributed by atoms with Gasteiger partial charge in [-0.25, -0.2) is 9.78 Å². The molecule has 0 spiro atoms. The van der Waals surface area contributed by atoms with Gasteiger partial charge in [-0.15, -0.1) is 11.3 Å². The lowest BCUT2D eigenvalue weighted by atomic mass is 10.2. The monoisotopic (exact) mass is 335 g/mol. The molecule has 1 heterocycles. The third-order valence-electron chi connectivity index (χ3n) is 2.94. The number of rotatable bonds is 8. The lowest BCUT2D eigenvalue weighted by molar-refractivity contribution is 0.198. The van der Waals surface area contributed by atoms with Gasteiger partial charge in [-0.1, -0.05) is 6.92 Å². The van der Waals surface area contributed by atoms with Crippen LogP contribution in [0.5, 0.6) is 5.75 Å². The SMILES string of the molecule is CCCOc1ccc(-c2csc(NC(=O)NCCOC)n2)cc1. The van der Waals surface area contributed by atoms with Gasteiger partial charge < -0.3 is 14.8 Å². The van der Waals surface area contributed by atoms with Gasteiger partial charge in [0.25, 0.3) is 0 Å². The molecule has 0 radical (unpaired) electrons. The molecule has 1 aromatic heterocycles. The predicted octanol–water partition coefficient (Wildman–Crippen LogP) is 3.37. The van der Waals surface area contributed by atoms with E-state index in [-0.39, 0.29) is 6.03 Å².